The summed E-state index contributed by atoms with van der Waals surface area (Å²) < 4.78 is 5.41. The van der Waals surface area contributed by atoms with Crippen molar-refractivity contribution in [1.82, 2.24) is 5.32 Å². The molecule has 0 fully saturated rings. The van der Waals surface area contributed by atoms with Crippen LogP contribution in [0.2, 0.25) is 0 Å². The Kier molecular flexibility index (Phi) is 4.70. The summed E-state index contributed by atoms with van der Waals surface area (Å²) in [5.41, 5.74) is 0. The molecule has 0 aliphatic rings. The molecule has 3 nitrogen and oxygen atoms in total. The Morgan fingerprint density at radius 3 is 2.79 bits per heavy atom. The second-order valence-electron chi connectivity index (χ2n) is 3.60. The molecule has 1 aromatic heterocycles. The summed E-state index contributed by atoms with van der Waals surface area (Å²) in [6.07, 6.45) is 1.00. The van der Waals surface area contributed by atoms with Crippen LogP contribution in [0, 0.1) is 12.8 Å². The average Bonchev–Trinajstić information content (AvgIpc) is 2.59. The number of nitrogens with one attached hydrogen (secondary N) is 1. The zero-order valence-electron chi connectivity index (χ0n) is 8.92. The monoisotopic (exact) mass is 197 g/mol. The van der Waals surface area contributed by atoms with Gasteiger partial charge in [-0.3, -0.25) is 0 Å². The molecule has 1 heterocycles. The Morgan fingerprint density at radius 2 is 2.29 bits per heavy atom. The topological polar surface area (TPSA) is 45.4 Å². The van der Waals surface area contributed by atoms with Crippen LogP contribution in [0.3, 0.4) is 0 Å². The number of aliphatic hydroxyl groups excluding tert-OH is 1. The zero-order chi connectivity index (χ0) is 10.4. The van der Waals surface area contributed by atoms with Crippen LogP contribution in [0.25, 0.3) is 0 Å². The van der Waals surface area contributed by atoms with Crippen molar-refractivity contribution in [2.45, 2.75) is 26.8 Å². The Morgan fingerprint density at radius 1 is 1.50 bits per heavy atom. The maximum Gasteiger partial charge on any atom is 0.117 e. The summed E-state index contributed by atoms with van der Waals surface area (Å²) in [4.78, 5) is 0. The molecule has 2 N–H and O–H groups in total. The van der Waals surface area contributed by atoms with Crippen molar-refractivity contribution < 1.29 is 9.52 Å². The van der Waals surface area contributed by atoms with Gasteiger partial charge in [-0.25, -0.2) is 0 Å². The van der Waals surface area contributed by atoms with Gasteiger partial charge >= 0.3 is 0 Å². The Bertz CT molecular complexity index is 254. The highest BCUT2D eigenvalue weighted by Crippen LogP contribution is 2.06. The third-order valence-electron chi connectivity index (χ3n) is 2.36. The first kappa shape index (κ1) is 11.3. The molecule has 0 bridgehead atoms. The normalized spacial score (nSPS) is 13.1. The van der Waals surface area contributed by atoms with Crippen LogP contribution >= 0.6 is 0 Å². The van der Waals surface area contributed by atoms with E-state index in [1.807, 2.05) is 19.1 Å². The van der Waals surface area contributed by atoms with Crippen molar-refractivity contribution in [2.75, 3.05) is 13.2 Å². The molecule has 0 saturated heterocycles. The minimum atomic E-state index is 0.251. The standard InChI is InChI=1S/C11H19NO2/c1-3-10(8-13)6-12-7-11-5-4-9(2)14-11/h4-5,10,12-13H,3,6-8H2,1-2H3. The molecule has 1 atom stereocenters. The van der Waals surface area contributed by atoms with Gasteiger partial charge in [-0.2, -0.15) is 0 Å². The van der Waals surface area contributed by atoms with Crippen molar-refractivity contribution in [2.24, 2.45) is 5.92 Å². The number of furan rings is 1. The summed E-state index contributed by atoms with van der Waals surface area (Å²) in [7, 11) is 0. The van der Waals surface area contributed by atoms with Crippen molar-refractivity contribution >= 4 is 0 Å². The molecule has 0 aliphatic heterocycles. The second-order valence-corrected chi connectivity index (χ2v) is 3.60. The predicted octanol–water partition coefficient (Wildman–Crippen LogP) is 1.70. The van der Waals surface area contributed by atoms with Crippen molar-refractivity contribution in [3.63, 3.8) is 0 Å². The number of aliphatic hydroxyl groups is 1. The average molecular weight is 197 g/mol. The van der Waals surface area contributed by atoms with Crippen LogP contribution in [-0.2, 0) is 6.54 Å². The van der Waals surface area contributed by atoms with E-state index in [2.05, 4.69) is 12.2 Å². The molecule has 0 spiro atoms. The minimum absolute atomic E-state index is 0.251. The van der Waals surface area contributed by atoms with Crippen LogP contribution in [0.5, 0.6) is 0 Å². The van der Waals surface area contributed by atoms with E-state index in [0.717, 1.165) is 31.0 Å². The molecule has 0 radical (unpaired) electrons. The highest BCUT2D eigenvalue weighted by molar-refractivity contribution is 5.05. The van der Waals surface area contributed by atoms with E-state index in [9.17, 15) is 0 Å². The van der Waals surface area contributed by atoms with Gasteiger partial charge in [0.25, 0.3) is 0 Å². The molecular weight excluding hydrogens is 178 g/mol. The quantitative estimate of drug-likeness (QED) is 0.729. The lowest BCUT2D eigenvalue weighted by Crippen LogP contribution is -2.24. The van der Waals surface area contributed by atoms with E-state index in [-0.39, 0.29) is 6.61 Å². The molecule has 0 saturated carbocycles. The second kappa shape index (κ2) is 5.83. The van der Waals surface area contributed by atoms with E-state index in [4.69, 9.17) is 9.52 Å². The lowest BCUT2D eigenvalue weighted by molar-refractivity contribution is 0.217. The summed E-state index contributed by atoms with van der Waals surface area (Å²) in [6, 6.07) is 3.93. The van der Waals surface area contributed by atoms with E-state index in [1.54, 1.807) is 0 Å². The first-order valence-electron chi connectivity index (χ1n) is 5.13. The molecular formula is C11H19NO2. The smallest absolute Gasteiger partial charge is 0.117 e. The fourth-order valence-electron chi connectivity index (χ4n) is 1.32. The third-order valence-corrected chi connectivity index (χ3v) is 2.36. The highest BCUT2D eigenvalue weighted by atomic mass is 16.3. The molecule has 3 heteroatoms. The van der Waals surface area contributed by atoms with Crippen LogP contribution < -0.4 is 5.32 Å². The lowest BCUT2D eigenvalue weighted by atomic mass is 10.1. The number of hydrogen-bond acceptors (Lipinski definition) is 3. The predicted molar refractivity (Wildman–Crippen MR) is 56.0 cm³/mol. The molecule has 14 heavy (non-hydrogen) atoms. The van der Waals surface area contributed by atoms with Gasteiger partial charge in [0.05, 0.1) is 6.54 Å². The van der Waals surface area contributed by atoms with Gasteiger partial charge in [-0.05, 0) is 31.4 Å². The van der Waals surface area contributed by atoms with Gasteiger partial charge in [-0.15, -0.1) is 0 Å². The van der Waals surface area contributed by atoms with Crippen LogP contribution in [0.15, 0.2) is 16.5 Å². The van der Waals surface area contributed by atoms with E-state index < -0.39 is 0 Å². The SMILES string of the molecule is CCC(CO)CNCc1ccc(C)o1. The maximum absolute atomic E-state index is 8.96. The highest BCUT2D eigenvalue weighted by Gasteiger charge is 2.04. The summed E-state index contributed by atoms with van der Waals surface area (Å²) in [5.74, 6) is 2.25. The largest absolute Gasteiger partial charge is 0.465 e. The third kappa shape index (κ3) is 3.52. The number of hydrogen-bond donors (Lipinski definition) is 2. The number of rotatable bonds is 6. The van der Waals surface area contributed by atoms with Crippen molar-refractivity contribution in [1.29, 1.82) is 0 Å². The zero-order valence-corrected chi connectivity index (χ0v) is 8.92. The molecule has 1 unspecified atom stereocenters. The summed E-state index contributed by atoms with van der Waals surface area (Å²) >= 11 is 0. The molecule has 80 valence electrons. The lowest BCUT2D eigenvalue weighted by Gasteiger charge is -2.11. The van der Waals surface area contributed by atoms with Gasteiger partial charge in [0.2, 0.25) is 0 Å². The Labute approximate surface area is 85.1 Å². The maximum atomic E-state index is 8.96. The first-order chi connectivity index (χ1) is 6.76. The van der Waals surface area contributed by atoms with E-state index in [1.165, 1.54) is 0 Å². The van der Waals surface area contributed by atoms with Gasteiger partial charge in [0, 0.05) is 13.2 Å². The van der Waals surface area contributed by atoms with Crippen LogP contribution in [0.4, 0.5) is 0 Å². The fraction of sp³-hybridized carbons (Fsp3) is 0.636. The molecule has 1 aromatic rings. The van der Waals surface area contributed by atoms with Crippen molar-refractivity contribution in [3.05, 3.63) is 23.7 Å². The van der Waals surface area contributed by atoms with Gasteiger partial charge < -0.3 is 14.8 Å². The molecule has 0 aliphatic carbocycles. The molecule has 0 aromatic carbocycles. The van der Waals surface area contributed by atoms with Crippen molar-refractivity contribution in [3.8, 4) is 0 Å². The van der Waals surface area contributed by atoms with E-state index >= 15 is 0 Å². The first-order valence-corrected chi connectivity index (χ1v) is 5.13. The summed E-state index contributed by atoms with van der Waals surface area (Å²) in [6.45, 7) is 5.85. The van der Waals surface area contributed by atoms with Gasteiger partial charge in [0.15, 0.2) is 0 Å². The molecule has 0 amide bonds. The van der Waals surface area contributed by atoms with Gasteiger partial charge in [0.1, 0.15) is 11.5 Å². The minimum Gasteiger partial charge on any atom is -0.465 e. The number of aryl methyl sites for hydroxylation is 1. The molecule has 1 rings (SSSR count). The van der Waals surface area contributed by atoms with Gasteiger partial charge in [-0.1, -0.05) is 6.92 Å². The Balaban J connectivity index is 2.21. The summed E-state index contributed by atoms with van der Waals surface area (Å²) in [5, 5.41) is 12.2. The van der Waals surface area contributed by atoms with E-state index in [0.29, 0.717) is 5.92 Å². The fourth-order valence-corrected chi connectivity index (χ4v) is 1.32. The van der Waals surface area contributed by atoms with Crippen LogP contribution in [0.1, 0.15) is 24.9 Å². The van der Waals surface area contributed by atoms with Crippen LogP contribution in [-0.4, -0.2) is 18.3 Å². The Hall–Kier alpha value is -0.800.